The first kappa shape index (κ1) is 22.3. The Morgan fingerprint density at radius 3 is 2.14 bits per heavy atom. The molecule has 0 unspecified atom stereocenters. The molecule has 3 rings (SSSR count). The summed E-state index contributed by atoms with van der Waals surface area (Å²) >= 11 is 30.1. The molecule has 1 amide bonds. The Labute approximate surface area is 192 Å². The fourth-order valence-electron chi connectivity index (χ4n) is 2.88. The van der Waals surface area contributed by atoms with Crippen LogP contribution in [0.5, 0.6) is 5.75 Å². The Hall–Kier alpha value is -1.37. The number of esters is 1. The van der Waals surface area contributed by atoms with Crippen LogP contribution in [0, 0.1) is 0 Å². The number of carbonyl (C=O) groups excluding carboxylic acids is 2. The van der Waals surface area contributed by atoms with Gasteiger partial charge in [0.05, 0.1) is 15.1 Å². The average Bonchev–Trinajstić information content (AvgIpc) is 3.23. The number of benzene rings is 2. The van der Waals surface area contributed by atoms with Crippen LogP contribution in [-0.4, -0.2) is 29.5 Å². The van der Waals surface area contributed by atoms with Crippen LogP contribution in [-0.2, 0) is 16.1 Å². The van der Waals surface area contributed by atoms with Crippen LogP contribution in [0.1, 0.15) is 18.4 Å². The number of rotatable bonds is 4. The molecule has 1 aliphatic heterocycles. The third-order valence-electron chi connectivity index (χ3n) is 4.34. The van der Waals surface area contributed by atoms with E-state index in [1.165, 1.54) is 4.90 Å². The van der Waals surface area contributed by atoms with E-state index in [-0.39, 0.29) is 37.5 Å². The molecule has 0 radical (unpaired) electrons. The minimum absolute atomic E-state index is 0.0462. The van der Waals surface area contributed by atoms with Crippen molar-refractivity contribution in [3.8, 4) is 5.75 Å². The Balaban J connectivity index is 1.71. The summed E-state index contributed by atoms with van der Waals surface area (Å²) in [6, 6.07) is 8.37. The molecule has 0 aromatic heterocycles. The largest absolute Gasteiger partial charge is 0.445 e. The SMILES string of the molecule is O=C(Oc1c(Cl)c(Cl)c(Cl)c(Cl)c1Cl)[C@H]1CCCN1C(=O)OCc1ccccc1. The topological polar surface area (TPSA) is 55.8 Å². The van der Waals surface area contributed by atoms with Gasteiger partial charge in [-0.1, -0.05) is 88.3 Å². The molecule has 1 aliphatic rings. The number of hydrogen-bond acceptors (Lipinski definition) is 4. The molecule has 1 saturated heterocycles. The molecule has 1 fully saturated rings. The number of hydrogen-bond donors (Lipinski definition) is 0. The Morgan fingerprint density at radius 2 is 1.52 bits per heavy atom. The lowest BCUT2D eigenvalue weighted by Crippen LogP contribution is -2.42. The lowest BCUT2D eigenvalue weighted by atomic mass is 10.2. The van der Waals surface area contributed by atoms with Crippen LogP contribution in [0.4, 0.5) is 4.79 Å². The summed E-state index contributed by atoms with van der Waals surface area (Å²) in [5.41, 5.74) is 0.836. The van der Waals surface area contributed by atoms with Gasteiger partial charge in [0.1, 0.15) is 22.7 Å². The predicted octanol–water partition coefficient (Wildman–Crippen LogP) is 6.66. The minimum atomic E-state index is -0.848. The van der Waals surface area contributed by atoms with Crippen LogP contribution >= 0.6 is 58.0 Å². The van der Waals surface area contributed by atoms with E-state index < -0.39 is 18.1 Å². The van der Waals surface area contributed by atoms with Crippen LogP contribution in [0.2, 0.25) is 25.1 Å². The van der Waals surface area contributed by atoms with E-state index in [4.69, 9.17) is 67.5 Å². The first-order valence-corrected chi connectivity index (χ1v) is 10.4. The fourth-order valence-corrected chi connectivity index (χ4v) is 4.07. The van der Waals surface area contributed by atoms with Crippen molar-refractivity contribution in [3.63, 3.8) is 0 Å². The number of amides is 1. The quantitative estimate of drug-likeness (QED) is 0.205. The highest BCUT2D eigenvalue weighted by molar-refractivity contribution is 6.55. The normalized spacial score (nSPS) is 16.0. The standard InChI is InChI=1S/C19H14Cl5NO4/c20-12-13(21)15(23)17(16(24)14(12)22)29-18(26)11-7-4-8-25(11)19(27)28-9-10-5-2-1-3-6-10/h1-3,5-6,11H,4,7-9H2/t11-/m1/s1. The molecule has 29 heavy (non-hydrogen) atoms. The molecule has 1 atom stereocenters. The molecule has 0 bridgehead atoms. The van der Waals surface area contributed by atoms with Gasteiger partial charge in [0.2, 0.25) is 0 Å². The van der Waals surface area contributed by atoms with Gasteiger partial charge in [0.25, 0.3) is 0 Å². The second-order valence-corrected chi connectivity index (χ2v) is 8.10. The smallest absolute Gasteiger partial charge is 0.410 e. The van der Waals surface area contributed by atoms with E-state index in [0.717, 1.165) is 5.56 Å². The van der Waals surface area contributed by atoms with E-state index in [0.29, 0.717) is 19.4 Å². The molecule has 0 spiro atoms. The van der Waals surface area contributed by atoms with Gasteiger partial charge in [0, 0.05) is 6.54 Å². The van der Waals surface area contributed by atoms with Crippen LogP contribution in [0.15, 0.2) is 30.3 Å². The van der Waals surface area contributed by atoms with Crippen LogP contribution in [0.3, 0.4) is 0 Å². The summed E-state index contributed by atoms with van der Waals surface area (Å²) in [6.07, 6.45) is 0.408. The van der Waals surface area contributed by atoms with Crippen molar-refractivity contribution in [1.82, 2.24) is 4.90 Å². The second kappa shape index (κ2) is 9.63. The molecule has 2 aromatic carbocycles. The highest BCUT2D eigenvalue weighted by atomic mass is 35.5. The molecule has 10 heteroatoms. The molecule has 2 aromatic rings. The van der Waals surface area contributed by atoms with Gasteiger partial charge in [-0.3, -0.25) is 4.90 Å². The number of carbonyl (C=O) groups is 2. The highest BCUT2D eigenvalue weighted by Gasteiger charge is 2.37. The molecule has 0 aliphatic carbocycles. The summed E-state index contributed by atoms with van der Waals surface area (Å²) in [7, 11) is 0. The van der Waals surface area contributed by atoms with E-state index in [9.17, 15) is 9.59 Å². The van der Waals surface area contributed by atoms with Crippen molar-refractivity contribution in [1.29, 1.82) is 0 Å². The van der Waals surface area contributed by atoms with Gasteiger partial charge in [-0.15, -0.1) is 0 Å². The molecule has 0 saturated carbocycles. The van der Waals surface area contributed by atoms with Crippen molar-refractivity contribution in [2.24, 2.45) is 0 Å². The zero-order valence-corrected chi connectivity index (χ0v) is 18.5. The number of ether oxygens (including phenoxy) is 2. The summed E-state index contributed by atoms with van der Waals surface area (Å²) in [6.45, 7) is 0.453. The fraction of sp³-hybridized carbons (Fsp3) is 0.263. The van der Waals surface area contributed by atoms with E-state index in [1.807, 2.05) is 30.3 Å². The maximum absolute atomic E-state index is 12.7. The molecule has 1 heterocycles. The third kappa shape index (κ3) is 4.86. The van der Waals surface area contributed by atoms with Gasteiger partial charge in [-0.2, -0.15) is 0 Å². The van der Waals surface area contributed by atoms with E-state index in [2.05, 4.69) is 0 Å². The second-order valence-electron chi connectivity index (χ2n) is 6.21. The van der Waals surface area contributed by atoms with Crippen molar-refractivity contribution in [2.45, 2.75) is 25.5 Å². The first-order valence-electron chi connectivity index (χ1n) is 8.51. The lowest BCUT2D eigenvalue weighted by molar-refractivity contribution is -0.139. The number of nitrogens with zero attached hydrogens (tertiary/aromatic N) is 1. The maximum Gasteiger partial charge on any atom is 0.410 e. The van der Waals surface area contributed by atoms with Crippen molar-refractivity contribution in [2.75, 3.05) is 6.54 Å². The van der Waals surface area contributed by atoms with Gasteiger partial charge in [-0.25, -0.2) is 9.59 Å². The lowest BCUT2D eigenvalue weighted by Gasteiger charge is -2.23. The van der Waals surface area contributed by atoms with Gasteiger partial charge in [-0.05, 0) is 18.4 Å². The maximum atomic E-state index is 12.7. The minimum Gasteiger partial charge on any atom is -0.445 e. The molecule has 154 valence electrons. The summed E-state index contributed by atoms with van der Waals surface area (Å²) in [5.74, 6) is -0.931. The molecule has 0 N–H and O–H groups in total. The summed E-state index contributed by atoms with van der Waals surface area (Å²) < 4.78 is 10.7. The average molecular weight is 498 g/mol. The molecular formula is C19H14Cl5NO4. The van der Waals surface area contributed by atoms with Crippen molar-refractivity contribution < 1.29 is 19.1 Å². The highest BCUT2D eigenvalue weighted by Crippen LogP contribution is 2.48. The molecule has 5 nitrogen and oxygen atoms in total. The first-order chi connectivity index (χ1) is 13.8. The Morgan fingerprint density at radius 1 is 0.931 bits per heavy atom. The number of likely N-dealkylation sites (tertiary alicyclic amines) is 1. The van der Waals surface area contributed by atoms with Crippen molar-refractivity contribution >= 4 is 70.1 Å². The van der Waals surface area contributed by atoms with Gasteiger partial charge < -0.3 is 9.47 Å². The Bertz CT molecular complexity index is 909. The Kier molecular flexibility index (Phi) is 7.41. The zero-order valence-electron chi connectivity index (χ0n) is 14.8. The summed E-state index contributed by atoms with van der Waals surface area (Å²) in [5, 5.41) is -0.506. The van der Waals surface area contributed by atoms with E-state index >= 15 is 0 Å². The van der Waals surface area contributed by atoms with E-state index in [1.54, 1.807) is 0 Å². The van der Waals surface area contributed by atoms with Crippen LogP contribution < -0.4 is 4.74 Å². The van der Waals surface area contributed by atoms with Gasteiger partial charge in [0.15, 0.2) is 5.75 Å². The molecular weight excluding hydrogens is 483 g/mol. The third-order valence-corrected chi connectivity index (χ3v) is 6.58. The zero-order chi connectivity index (χ0) is 21.1. The van der Waals surface area contributed by atoms with Crippen LogP contribution in [0.25, 0.3) is 0 Å². The summed E-state index contributed by atoms with van der Waals surface area (Å²) in [4.78, 5) is 26.5. The van der Waals surface area contributed by atoms with Gasteiger partial charge >= 0.3 is 12.1 Å². The monoisotopic (exact) mass is 495 g/mol. The predicted molar refractivity (Wildman–Crippen MR) is 113 cm³/mol. The number of halogens is 5. The van der Waals surface area contributed by atoms with Crippen molar-refractivity contribution in [3.05, 3.63) is 61.0 Å².